The molecule has 1 aliphatic rings. The molecule has 4 heteroatoms. The second-order valence-corrected chi connectivity index (χ2v) is 5.55. The Balaban J connectivity index is 2.71. The summed E-state index contributed by atoms with van der Waals surface area (Å²) in [6, 6.07) is 0. The fourth-order valence-corrected chi connectivity index (χ4v) is 2.22. The average Bonchev–Trinajstić information content (AvgIpc) is 2.25. The van der Waals surface area contributed by atoms with E-state index in [1.807, 2.05) is 20.8 Å². The van der Waals surface area contributed by atoms with E-state index in [4.69, 9.17) is 9.47 Å². The van der Waals surface area contributed by atoms with Crippen LogP contribution in [-0.2, 0) is 19.1 Å². The Morgan fingerprint density at radius 3 is 1.88 bits per heavy atom. The maximum absolute atomic E-state index is 12.0. The van der Waals surface area contributed by atoms with Crippen molar-refractivity contribution in [2.75, 3.05) is 7.11 Å². The van der Waals surface area contributed by atoms with Crippen molar-refractivity contribution in [3.63, 3.8) is 0 Å². The van der Waals surface area contributed by atoms with Crippen LogP contribution in [0.1, 0.15) is 46.5 Å². The van der Waals surface area contributed by atoms with Gasteiger partial charge in [-0.1, -0.05) is 12.8 Å². The Morgan fingerprint density at radius 1 is 1.00 bits per heavy atom. The van der Waals surface area contributed by atoms with Gasteiger partial charge in [0.15, 0.2) is 0 Å². The zero-order valence-corrected chi connectivity index (χ0v) is 11.1. The molecule has 0 N–H and O–H groups in total. The monoisotopic (exact) mass is 242 g/mol. The smallest absolute Gasteiger partial charge is 0.310 e. The van der Waals surface area contributed by atoms with E-state index < -0.39 is 5.60 Å². The van der Waals surface area contributed by atoms with Gasteiger partial charge in [-0.2, -0.15) is 0 Å². The van der Waals surface area contributed by atoms with Gasteiger partial charge < -0.3 is 9.47 Å². The van der Waals surface area contributed by atoms with Gasteiger partial charge in [-0.3, -0.25) is 9.59 Å². The molecule has 0 spiro atoms. The third kappa shape index (κ3) is 4.02. The zero-order valence-electron chi connectivity index (χ0n) is 11.1. The van der Waals surface area contributed by atoms with Crippen molar-refractivity contribution in [2.45, 2.75) is 52.1 Å². The minimum Gasteiger partial charge on any atom is -0.469 e. The van der Waals surface area contributed by atoms with Gasteiger partial charge in [-0.05, 0) is 33.6 Å². The summed E-state index contributed by atoms with van der Waals surface area (Å²) in [7, 11) is 1.36. The Hall–Kier alpha value is -1.06. The first-order valence-electron chi connectivity index (χ1n) is 6.16. The molecule has 2 atom stereocenters. The SMILES string of the molecule is COC(=O)C1CCCCC1C(=O)OC(C)(C)C. The molecule has 0 radical (unpaired) electrons. The lowest BCUT2D eigenvalue weighted by Crippen LogP contribution is -2.37. The third-order valence-electron chi connectivity index (χ3n) is 2.98. The molecule has 17 heavy (non-hydrogen) atoms. The van der Waals surface area contributed by atoms with Gasteiger partial charge in [0.25, 0.3) is 0 Å². The standard InChI is InChI=1S/C13H22O4/c1-13(2,3)17-12(15)10-8-6-5-7-9(10)11(14)16-4/h9-10H,5-8H2,1-4H3. The molecule has 0 aliphatic heterocycles. The number of carbonyl (C=O) groups is 2. The average molecular weight is 242 g/mol. The van der Waals surface area contributed by atoms with E-state index in [1.54, 1.807) is 0 Å². The first kappa shape index (κ1) is 14.0. The predicted molar refractivity (Wildman–Crippen MR) is 63.3 cm³/mol. The number of ether oxygens (including phenoxy) is 2. The minimum atomic E-state index is -0.505. The molecule has 1 saturated carbocycles. The van der Waals surface area contributed by atoms with Crippen LogP contribution >= 0.6 is 0 Å². The minimum absolute atomic E-state index is 0.271. The van der Waals surface area contributed by atoms with Crippen molar-refractivity contribution in [1.82, 2.24) is 0 Å². The summed E-state index contributed by atoms with van der Waals surface area (Å²) in [5.74, 6) is -1.23. The van der Waals surface area contributed by atoms with E-state index >= 15 is 0 Å². The molecular weight excluding hydrogens is 220 g/mol. The van der Waals surface area contributed by atoms with Crippen LogP contribution in [0, 0.1) is 11.8 Å². The third-order valence-corrected chi connectivity index (χ3v) is 2.98. The normalized spacial score (nSPS) is 25.2. The van der Waals surface area contributed by atoms with Gasteiger partial charge in [-0.15, -0.1) is 0 Å². The van der Waals surface area contributed by atoms with Crippen LogP contribution < -0.4 is 0 Å². The molecule has 1 rings (SSSR count). The molecule has 4 nitrogen and oxygen atoms in total. The van der Waals surface area contributed by atoms with E-state index in [2.05, 4.69) is 0 Å². The maximum Gasteiger partial charge on any atom is 0.310 e. The highest BCUT2D eigenvalue weighted by Crippen LogP contribution is 2.32. The maximum atomic E-state index is 12.0. The van der Waals surface area contributed by atoms with Crippen molar-refractivity contribution >= 4 is 11.9 Å². The largest absolute Gasteiger partial charge is 0.469 e. The summed E-state index contributed by atoms with van der Waals surface area (Å²) in [6.07, 6.45) is 3.38. The highest BCUT2D eigenvalue weighted by atomic mass is 16.6. The summed E-state index contributed by atoms with van der Waals surface area (Å²) < 4.78 is 10.1. The number of rotatable bonds is 2. The van der Waals surface area contributed by atoms with Crippen LogP contribution in [0.3, 0.4) is 0 Å². The van der Waals surface area contributed by atoms with Gasteiger partial charge in [0, 0.05) is 0 Å². The van der Waals surface area contributed by atoms with Crippen LogP contribution in [0.15, 0.2) is 0 Å². The predicted octanol–water partition coefficient (Wildman–Crippen LogP) is 2.31. The van der Waals surface area contributed by atoms with Crippen molar-refractivity contribution < 1.29 is 19.1 Å². The first-order valence-corrected chi connectivity index (χ1v) is 6.16. The van der Waals surface area contributed by atoms with Crippen molar-refractivity contribution in [3.8, 4) is 0 Å². The van der Waals surface area contributed by atoms with Crippen LogP contribution in [0.25, 0.3) is 0 Å². The molecule has 2 unspecified atom stereocenters. The van der Waals surface area contributed by atoms with E-state index in [9.17, 15) is 9.59 Å². The van der Waals surface area contributed by atoms with Crippen molar-refractivity contribution in [3.05, 3.63) is 0 Å². The highest BCUT2D eigenvalue weighted by Gasteiger charge is 2.38. The molecular formula is C13H22O4. The van der Waals surface area contributed by atoms with Gasteiger partial charge in [0.2, 0.25) is 0 Å². The molecule has 0 amide bonds. The topological polar surface area (TPSA) is 52.6 Å². The van der Waals surface area contributed by atoms with Crippen LogP contribution in [0.2, 0.25) is 0 Å². The van der Waals surface area contributed by atoms with Crippen LogP contribution in [-0.4, -0.2) is 24.6 Å². The molecule has 98 valence electrons. The lowest BCUT2D eigenvalue weighted by molar-refractivity contribution is -0.169. The summed E-state index contributed by atoms with van der Waals surface area (Å²) in [6.45, 7) is 5.50. The number of esters is 2. The summed E-state index contributed by atoms with van der Waals surface area (Å²) >= 11 is 0. The second-order valence-electron chi connectivity index (χ2n) is 5.55. The molecule has 0 aromatic rings. The zero-order chi connectivity index (χ0) is 13.1. The fourth-order valence-electron chi connectivity index (χ4n) is 2.22. The molecule has 0 aromatic heterocycles. The van der Waals surface area contributed by atoms with E-state index in [1.165, 1.54) is 7.11 Å². The summed E-state index contributed by atoms with van der Waals surface area (Å²) in [5.41, 5.74) is -0.505. The molecule has 0 bridgehead atoms. The Kier molecular flexibility index (Phi) is 4.54. The van der Waals surface area contributed by atoms with E-state index in [0.717, 1.165) is 19.3 Å². The van der Waals surface area contributed by atoms with Crippen LogP contribution in [0.4, 0.5) is 0 Å². The van der Waals surface area contributed by atoms with Crippen LogP contribution in [0.5, 0.6) is 0 Å². The molecule has 0 heterocycles. The number of hydrogen-bond acceptors (Lipinski definition) is 4. The summed E-state index contributed by atoms with van der Waals surface area (Å²) in [5, 5.41) is 0. The Morgan fingerprint density at radius 2 is 1.47 bits per heavy atom. The van der Waals surface area contributed by atoms with Gasteiger partial charge in [0.1, 0.15) is 5.60 Å². The van der Waals surface area contributed by atoms with E-state index in [0.29, 0.717) is 6.42 Å². The molecule has 1 fully saturated rings. The number of hydrogen-bond donors (Lipinski definition) is 0. The van der Waals surface area contributed by atoms with E-state index in [-0.39, 0.29) is 23.8 Å². The Bertz CT molecular complexity index is 290. The second kappa shape index (κ2) is 5.52. The quantitative estimate of drug-likeness (QED) is 0.697. The summed E-state index contributed by atoms with van der Waals surface area (Å²) in [4.78, 5) is 23.6. The lowest BCUT2D eigenvalue weighted by atomic mass is 9.79. The number of carbonyl (C=O) groups excluding carboxylic acids is 2. The molecule has 1 aliphatic carbocycles. The fraction of sp³-hybridized carbons (Fsp3) is 0.846. The highest BCUT2D eigenvalue weighted by molar-refractivity contribution is 5.82. The van der Waals surface area contributed by atoms with Crippen molar-refractivity contribution in [1.29, 1.82) is 0 Å². The Labute approximate surface area is 103 Å². The first-order chi connectivity index (χ1) is 7.85. The number of methoxy groups -OCH3 is 1. The molecule has 0 saturated heterocycles. The van der Waals surface area contributed by atoms with Crippen molar-refractivity contribution in [2.24, 2.45) is 11.8 Å². The van der Waals surface area contributed by atoms with Gasteiger partial charge in [0.05, 0.1) is 18.9 Å². The van der Waals surface area contributed by atoms with Gasteiger partial charge >= 0.3 is 11.9 Å². The van der Waals surface area contributed by atoms with Gasteiger partial charge in [-0.25, -0.2) is 0 Å². The lowest BCUT2D eigenvalue weighted by Gasteiger charge is -2.30. The molecule has 0 aromatic carbocycles.